The van der Waals surface area contributed by atoms with E-state index in [1.54, 1.807) is 13.0 Å². The van der Waals surface area contributed by atoms with Crippen molar-refractivity contribution in [3.8, 4) is 0 Å². The normalized spacial score (nSPS) is 35.7. The Hall–Kier alpha value is -0.830. The summed E-state index contributed by atoms with van der Waals surface area (Å²) in [5.41, 5.74) is -0.325. The molecule has 0 aromatic heterocycles. The number of hydrogen-bond acceptors (Lipinski definition) is 2. The summed E-state index contributed by atoms with van der Waals surface area (Å²) >= 11 is 0. The number of carbonyl (C=O) groups is 1. The van der Waals surface area contributed by atoms with Crippen LogP contribution in [0.3, 0.4) is 0 Å². The first-order valence-corrected chi connectivity index (χ1v) is 4.53. The summed E-state index contributed by atoms with van der Waals surface area (Å²) in [7, 11) is 0. The molecule has 1 aliphatic rings. The summed E-state index contributed by atoms with van der Waals surface area (Å²) in [6, 6.07) is 0. The maximum absolute atomic E-state index is 10.7. The third-order valence-corrected chi connectivity index (χ3v) is 2.72. The summed E-state index contributed by atoms with van der Waals surface area (Å²) < 4.78 is 5.62. The second-order valence-electron chi connectivity index (χ2n) is 3.84. The molecule has 1 rings (SSSR count). The first kappa shape index (κ1) is 10.3. The molecule has 13 heavy (non-hydrogen) atoms. The average Bonchev–Trinajstić information content (AvgIpc) is 2.47. The predicted molar refractivity (Wildman–Crippen MR) is 49.5 cm³/mol. The summed E-state index contributed by atoms with van der Waals surface area (Å²) in [5, 5.41) is 8.78. The second kappa shape index (κ2) is 3.50. The van der Waals surface area contributed by atoms with E-state index < -0.39 is 11.9 Å². The lowest BCUT2D eigenvalue weighted by molar-refractivity contribution is -0.147. The van der Waals surface area contributed by atoms with Crippen molar-refractivity contribution < 1.29 is 14.6 Å². The van der Waals surface area contributed by atoms with Gasteiger partial charge in [0.05, 0.1) is 17.6 Å². The van der Waals surface area contributed by atoms with Gasteiger partial charge in [0.25, 0.3) is 0 Å². The van der Waals surface area contributed by atoms with Crippen LogP contribution < -0.4 is 0 Å². The Balaban J connectivity index is 2.59. The molecule has 0 amide bonds. The minimum atomic E-state index is -0.793. The molecule has 0 spiro atoms. The molecule has 3 atom stereocenters. The van der Waals surface area contributed by atoms with Crippen molar-refractivity contribution in [3.63, 3.8) is 0 Å². The van der Waals surface area contributed by atoms with Crippen LogP contribution in [-0.4, -0.2) is 22.8 Å². The fraction of sp³-hybridized carbons (Fsp3) is 0.700. The molecule has 0 saturated carbocycles. The standard InChI is InChI=1S/C10H16O3/c1-4-10(3)6-5-8(13-10)7(2)9(11)12/h4,7-8H,1,5-6H2,2-3H3,(H,11,12)/t7-,8-,10-/m1/s1. The van der Waals surface area contributed by atoms with Crippen molar-refractivity contribution in [2.45, 2.75) is 38.4 Å². The third kappa shape index (κ3) is 2.10. The Morgan fingerprint density at radius 2 is 2.46 bits per heavy atom. The Morgan fingerprint density at radius 3 is 2.85 bits per heavy atom. The van der Waals surface area contributed by atoms with E-state index in [1.807, 2.05) is 6.92 Å². The van der Waals surface area contributed by atoms with Crippen molar-refractivity contribution in [2.75, 3.05) is 0 Å². The van der Waals surface area contributed by atoms with E-state index in [0.29, 0.717) is 0 Å². The number of aliphatic carboxylic acids is 1. The van der Waals surface area contributed by atoms with Gasteiger partial charge in [0.1, 0.15) is 0 Å². The molecule has 0 bridgehead atoms. The van der Waals surface area contributed by atoms with Crippen LogP contribution in [0.25, 0.3) is 0 Å². The molecule has 1 saturated heterocycles. The van der Waals surface area contributed by atoms with E-state index in [4.69, 9.17) is 9.84 Å². The van der Waals surface area contributed by atoms with E-state index >= 15 is 0 Å². The van der Waals surface area contributed by atoms with E-state index in [9.17, 15) is 4.79 Å². The minimum Gasteiger partial charge on any atom is -0.481 e. The van der Waals surface area contributed by atoms with Gasteiger partial charge in [0, 0.05) is 0 Å². The monoisotopic (exact) mass is 184 g/mol. The number of carboxylic acids is 1. The van der Waals surface area contributed by atoms with E-state index in [1.165, 1.54) is 0 Å². The quantitative estimate of drug-likeness (QED) is 0.681. The van der Waals surface area contributed by atoms with Crippen molar-refractivity contribution >= 4 is 5.97 Å². The van der Waals surface area contributed by atoms with Gasteiger partial charge in [0.2, 0.25) is 0 Å². The van der Waals surface area contributed by atoms with Gasteiger partial charge in [-0.3, -0.25) is 4.79 Å². The maximum Gasteiger partial charge on any atom is 0.308 e. The second-order valence-corrected chi connectivity index (χ2v) is 3.84. The van der Waals surface area contributed by atoms with Crippen LogP contribution in [0.15, 0.2) is 12.7 Å². The summed E-state index contributed by atoms with van der Waals surface area (Å²) in [6.45, 7) is 7.30. The molecule has 1 aliphatic heterocycles. The Labute approximate surface area is 78.4 Å². The van der Waals surface area contributed by atoms with E-state index in [-0.39, 0.29) is 11.7 Å². The molecule has 0 aromatic carbocycles. The first-order chi connectivity index (χ1) is 5.98. The molecule has 1 N–H and O–H groups in total. The van der Waals surface area contributed by atoms with E-state index in [2.05, 4.69) is 6.58 Å². The summed E-state index contributed by atoms with van der Waals surface area (Å²) in [6.07, 6.45) is 3.25. The van der Waals surface area contributed by atoms with Gasteiger partial charge in [-0.05, 0) is 26.7 Å². The fourth-order valence-corrected chi connectivity index (χ4v) is 1.55. The molecule has 0 radical (unpaired) electrons. The smallest absolute Gasteiger partial charge is 0.308 e. The van der Waals surface area contributed by atoms with Crippen molar-refractivity contribution in [1.82, 2.24) is 0 Å². The van der Waals surface area contributed by atoms with Crippen LogP contribution in [-0.2, 0) is 9.53 Å². The Bertz CT molecular complexity index is 224. The van der Waals surface area contributed by atoms with Gasteiger partial charge in [-0.25, -0.2) is 0 Å². The van der Waals surface area contributed by atoms with Crippen LogP contribution in [0.2, 0.25) is 0 Å². The van der Waals surface area contributed by atoms with Crippen LogP contribution in [0.4, 0.5) is 0 Å². The first-order valence-electron chi connectivity index (χ1n) is 4.53. The summed E-state index contributed by atoms with van der Waals surface area (Å²) in [4.78, 5) is 10.7. The topological polar surface area (TPSA) is 46.5 Å². The Kier molecular flexibility index (Phi) is 2.76. The lowest BCUT2D eigenvalue weighted by Gasteiger charge is -2.22. The number of ether oxygens (including phenoxy) is 1. The molecule has 1 fully saturated rings. The zero-order valence-corrected chi connectivity index (χ0v) is 8.12. The van der Waals surface area contributed by atoms with Crippen molar-refractivity contribution in [2.24, 2.45) is 5.92 Å². The lowest BCUT2D eigenvalue weighted by Crippen LogP contribution is -2.29. The van der Waals surface area contributed by atoms with Crippen molar-refractivity contribution in [1.29, 1.82) is 0 Å². The molecule has 3 heteroatoms. The predicted octanol–water partition coefficient (Wildman–Crippen LogP) is 1.83. The molecule has 0 aromatic rings. The molecular formula is C10H16O3. The molecule has 3 nitrogen and oxygen atoms in total. The van der Waals surface area contributed by atoms with Gasteiger partial charge in [-0.2, -0.15) is 0 Å². The molecule has 0 aliphatic carbocycles. The van der Waals surface area contributed by atoms with Gasteiger partial charge in [-0.15, -0.1) is 6.58 Å². The van der Waals surface area contributed by atoms with Crippen molar-refractivity contribution in [3.05, 3.63) is 12.7 Å². The summed E-state index contributed by atoms with van der Waals surface area (Å²) in [5.74, 6) is -1.22. The highest BCUT2D eigenvalue weighted by molar-refractivity contribution is 5.70. The zero-order chi connectivity index (χ0) is 10.1. The average molecular weight is 184 g/mol. The van der Waals surface area contributed by atoms with Gasteiger partial charge >= 0.3 is 5.97 Å². The van der Waals surface area contributed by atoms with Crippen LogP contribution in [0.1, 0.15) is 26.7 Å². The Morgan fingerprint density at radius 1 is 1.85 bits per heavy atom. The van der Waals surface area contributed by atoms with Crippen LogP contribution in [0.5, 0.6) is 0 Å². The highest BCUT2D eigenvalue weighted by atomic mass is 16.5. The van der Waals surface area contributed by atoms with E-state index in [0.717, 1.165) is 12.8 Å². The van der Waals surface area contributed by atoms with Gasteiger partial charge in [0.15, 0.2) is 0 Å². The SMILES string of the molecule is C=C[C@]1(C)CC[C@H]([C@@H](C)C(=O)O)O1. The highest BCUT2D eigenvalue weighted by Crippen LogP contribution is 2.34. The zero-order valence-electron chi connectivity index (χ0n) is 8.12. The minimum absolute atomic E-state index is 0.166. The van der Waals surface area contributed by atoms with Crippen LogP contribution in [0, 0.1) is 5.92 Å². The number of hydrogen-bond donors (Lipinski definition) is 1. The molecule has 1 heterocycles. The lowest BCUT2D eigenvalue weighted by atomic mass is 9.99. The fourth-order valence-electron chi connectivity index (χ4n) is 1.55. The molecule has 74 valence electrons. The van der Waals surface area contributed by atoms with Crippen LogP contribution >= 0.6 is 0 Å². The highest BCUT2D eigenvalue weighted by Gasteiger charge is 2.38. The third-order valence-electron chi connectivity index (χ3n) is 2.72. The molecular weight excluding hydrogens is 168 g/mol. The molecule has 0 unspecified atom stereocenters. The number of rotatable bonds is 3. The largest absolute Gasteiger partial charge is 0.481 e. The van der Waals surface area contributed by atoms with Gasteiger partial charge in [-0.1, -0.05) is 6.08 Å². The number of carboxylic acid groups (broad SMARTS) is 1. The van der Waals surface area contributed by atoms with Gasteiger partial charge < -0.3 is 9.84 Å². The maximum atomic E-state index is 10.7.